The fourth-order valence-electron chi connectivity index (χ4n) is 2.06. The van der Waals surface area contributed by atoms with Crippen molar-refractivity contribution in [3.63, 3.8) is 0 Å². The Kier molecular flexibility index (Phi) is 2.63. The number of hydrogen-bond donors (Lipinski definition) is 1. The van der Waals surface area contributed by atoms with Crippen molar-refractivity contribution in [3.05, 3.63) is 41.5 Å². The van der Waals surface area contributed by atoms with Crippen molar-refractivity contribution in [3.8, 4) is 5.75 Å². The molecule has 0 aliphatic rings. The van der Waals surface area contributed by atoms with Crippen LogP contribution >= 0.6 is 0 Å². The Hall–Kier alpha value is -1.50. The molecule has 0 radical (unpaired) electrons. The van der Waals surface area contributed by atoms with Crippen LogP contribution < -0.4 is 0 Å². The number of benzene rings is 2. The monoisotopic (exact) mass is 200 g/mol. The Balaban J connectivity index is 2.84. The number of rotatable bonds is 2. The molecule has 78 valence electrons. The van der Waals surface area contributed by atoms with Crippen molar-refractivity contribution in [2.45, 2.75) is 26.7 Å². The second kappa shape index (κ2) is 3.93. The molecule has 0 unspecified atom stereocenters. The van der Waals surface area contributed by atoms with Gasteiger partial charge in [0, 0.05) is 5.39 Å². The molecule has 0 aromatic heterocycles. The van der Waals surface area contributed by atoms with Crippen LogP contribution in [-0.4, -0.2) is 5.11 Å². The van der Waals surface area contributed by atoms with Crippen molar-refractivity contribution >= 4 is 10.8 Å². The van der Waals surface area contributed by atoms with Crippen molar-refractivity contribution in [2.75, 3.05) is 0 Å². The van der Waals surface area contributed by atoms with Gasteiger partial charge in [0.1, 0.15) is 5.75 Å². The number of hydrogen-bond acceptors (Lipinski definition) is 1. The number of aryl methyl sites for hydroxylation is 2. The van der Waals surface area contributed by atoms with Gasteiger partial charge in [0.2, 0.25) is 0 Å². The summed E-state index contributed by atoms with van der Waals surface area (Å²) >= 11 is 0. The largest absolute Gasteiger partial charge is 0.507 e. The van der Waals surface area contributed by atoms with Gasteiger partial charge < -0.3 is 5.11 Å². The first kappa shape index (κ1) is 10.0. The van der Waals surface area contributed by atoms with Gasteiger partial charge in [-0.2, -0.15) is 0 Å². The van der Waals surface area contributed by atoms with Gasteiger partial charge in [-0.25, -0.2) is 0 Å². The summed E-state index contributed by atoms with van der Waals surface area (Å²) in [4.78, 5) is 0. The van der Waals surface area contributed by atoms with Crippen molar-refractivity contribution in [2.24, 2.45) is 0 Å². The maximum absolute atomic E-state index is 10.1. The van der Waals surface area contributed by atoms with Gasteiger partial charge in [-0.15, -0.1) is 0 Å². The minimum atomic E-state index is 0.449. The van der Waals surface area contributed by atoms with Crippen LogP contribution in [0.1, 0.15) is 25.0 Å². The molecule has 0 spiro atoms. The van der Waals surface area contributed by atoms with E-state index in [1.165, 1.54) is 10.9 Å². The fourth-order valence-corrected chi connectivity index (χ4v) is 2.06. The summed E-state index contributed by atoms with van der Waals surface area (Å²) in [6.45, 7) is 4.22. The number of fused-ring (bicyclic) bond motifs is 1. The average Bonchev–Trinajstić information content (AvgIpc) is 2.30. The third-order valence-electron chi connectivity index (χ3n) is 2.94. The van der Waals surface area contributed by atoms with Crippen LogP contribution in [0, 0.1) is 0 Å². The summed E-state index contributed by atoms with van der Waals surface area (Å²) in [6.07, 6.45) is 1.89. The quantitative estimate of drug-likeness (QED) is 0.784. The lowest BCUT2D eigenvalue weighted by atomic mass is 9.97. The van der Waals surface area contributed by atoms with Crippen LogP contribution in [0.2, 0.25) is 0 Å². The van der Waals surface area contributed by atoms with E-state index in [2.05, 4.69) is 26.0 Å². The summed E-state index contributed by atoms with van der Waals surface area (Å²) in [5, 5.41) is 12.2. The highest BCUT2D eigenvalue weighted by molar-refractivity contribution is 5.92. The molecule has 1 nitrogen and oxygen atoms in total. The van der Waals surface area contributed by atoms with Crippen LogP contribution in [0.5, 0.6) is 5.75 Å². The molecule has 0 aliphatic carbocycles. The van der Waals surface area contributed by atoms with E-state index in [9.17, 15) is 5.11 Å². The van der Waals surface area contributed by atoms with Crippen molar-refractivity contribution in [1.29, 1.82) is 0 Å². The van der Waals surface area contributed by atoms with Gasteiger partial charge >= 0.3 is 0 Å². The summed E-state index contributed by atoms with van der Waals surface area (Å²) < 4.78 is 0. The fraction of sp³-hybridized carbons (Fsp3) is 0.286. The molecular weight excluding hydrogens is 184 g/mol. The van der Waals surface area contributed by atoms with Gasteiger partial charge in [0.15, 0.2) is 0 Å². The molecule has 0 bridgehead atoms. The first-order chi connectivity index (χ1) is 7.27. The minimum absolute atomic E-state index is 0.449. The third-order valence-corrected chi connectivity index (χ3v) is 2.94. The summed E-state index contributed by atoms with van der Waals surface area (Å²) in [6, 6.07) is 10.2. The summed E-state index contributed by atoms with van der Waals surface area (Å²) in [5.41, 5.74) is 2.37. The lowest BCUT2D eigenvalue weighted by molar-refractivity contribution is 0.475. The summed E-state index contributed by atoms with van der Waals surface area (Å²) in [5.74, 6) is 0.449. The van der Waals surface area contributed by atoms with Gasteiger partial charge in [-0.05, 0) is 29.4 Å². The van der Waals surface area contributed by atoms with E-state index >= 15 is 0 Å². The zero-order valence-corrected chi connectivity index (χ0v) is 9.25. The van der Waals surface area contributed by atoms with E-state index in [1.54, 1.807) is 0 Å². The molecular formula is C14H16O. The Bertz CT molecular complexity index is 486. The maximum atomic E-state index is 10.1. The maximum Gasteiger partial charge on any atom is 0.126 e. The van der Waals surface area contributed by atoms with Crippen LogP contribution in [0.15, 0.2) is 30.3 Å². The van der Waals surface area contributed by atoms with E-state index in [4.69, 9.17) is 0 Å². The lowest BCUT2D eigenvalue weighted by Gasteiger charge is -2.10. The van der Waals surface area contributed by atoms with Gasteiger partial charge in [-0.3, -0.25) is 0 Å². The van der Waals surface area contributed by atoms with E-state index in [0.717, 1.165) is 23.8 Å². The first-order valence-electron chi connectivity index (χ1n) is 5.50. The molecule has 2 aromatic carbocycles. The highest BCUT2D eigenvalue weighted by Gasteiger charge is 2.08. The van der Waals surface area contributed by atoms with Crippen LogP contribution in [0.4, 0.5) is 0 Å². The van der Waals surface area contributed by atoms with E-state index < -0.39 is 0 Å². The highest BCUT2D eigenvalue weighted by Crippen LogP contribution is 2.32. The van der Waals surface area contributed by atoms with Crippen molar-refractivity contribution in [1.82, 2.24) is 0 Å². The topological polar surface area (TPSA) is 20.2 Å². The predicted octanol–water partition coefficient (Wildman–Crippen LogP) is 3.67. The van der Waals surface area contributed by atoms with Gasteiger partial charge in [0.05, 0.1) is 0 Å². The van der Waals surface area contributed by atoms with Crippen LogP contribution in [-0.2, 0) is 12.8 Å². The molecule has 2 rings (SSSR count). The van der Waals surface area contributed by atoms with Crippen LogP contribution in [0.25, 0.3) is 10.8 Å². The molecule has 15 heavy (non-hydrogen) atoms. The SMILES string of the molecule is CCc1cc(CC)c2ccccc2c1O. The number of aromatic hydroxyl groups is 1. The highest BCUT2D eigenvalue weighted by atomic mass is 16.3. The van der Waals surface area contributed by atoms with Crippen LogP contribution in [0.3, 0.4) is 0 Å². The smallest absolute Gasteiger partial charge is 0.126 e. The van der Waals surface area contributed by atoms with E-state index in [0.29, 0.717) is 5.75 Å². The Labute approximate surface area is 90.4 Å². The van der Waals surface area contributed by atoms with E-state index in [-0.39, 0.29) is 0 Å². The number of phenols is 1. The molecule has 1 N–H and O–H groups in total. The second-order valence-corrected chi connectivity index (χ2v) is 3.80. The lowest BCUT2D eigenvalue weighted by Crippen LogP contribution is -1.90. The zero-order valence-electron chi connectivity index (χ0n) is 9.25. The molecule has 0 heterocycles. The molecule has 0 saturated carbocycles. The Morgan fingerprint density at radius 2 is 1.53 bits per heavy atom. The minimum Gasteiger partial charge on any atom is -0.507 e. The first-order valence-corrected chi connectivity index (χ1v) is 5.50. The summed E-state index contributed by atoms with van der Waals surface area (Å²) in [7, 11) is 0. The zero-order chi connectivity index (χ0) is 10.8. The Morgan fingerprint density at radius 3 is 2.13 bits per heavy atom. The standard InChI is InChI=1S/C14H16O/c1-3-10-9-11(4-2)14(15)13-8-6-5-7-12(10)13/h5-9,15H,3-4H2,1-2H3. The second-order valence-electron chi connectivity index (χ2n) is 3.80. The average molecular weight is 200 g/mol. The molecule has 0 saturated heterocycles. The molecule has 0 fully saturated rings. The predicted molar refractivity (Wildman–Crippen MR) is 64.4 cm³/mol. The molecule has 0 aliphatic heterocycles. The van der Waals surface area contributed by atoms with Gasteiger partial charge in [0.25, 0.3) is 0 Å². The normalized spacial score (nSPS) is 10.8. The molecule has 1 heteroatoms. The molecule has 2 aromatic rings. The van der Waals surface area contributed by atoms with E-state index in [1.807, 2.05) is 18.2 Å². The molecule has 0 amide bonds. The molecule has 0 atom stereocenters. The third kappa shape index (κ3) is 1.58. The van der Waals surface area contributed by atoms with Gasteiger partial charge in [-0.1, -0.05) is 44.2 Å². The number of phenolic OH excluding ortho intramolecular Hbond substituents is 1. The van der Waals surface area contributed by atoms with Crippen molar-refractivity contribution < 1.29 is 5.11 Å². The Morgan fingerprint density at radius 1 is 0.933 bits per heavy atom.